The first-order valence-electron chi connectivity index (χ1n) is 6.73. The zero-order chi connectivity index (χ0) is 12.3. The van der Waals surface area contributed by atoms with Gasteiger partial charge < -0.3 is 4.42 Å². The Labute approximate surface area is 106 Å². The molecule has 0 spiro atoms. The Hall–Kier alpha value is -1.58. The van der Waals surface area contributed by atoms with Gasteiger partial charge >= 0.3 is 0 Å². The van der Waals surface area contributed by atoms with Crippen LogP contribution in [0.3, 0.4) is 0 Å². The lowest BCUT2D eigenvalue weighted by Gasteiger charge is -2.17. The van der Waals surface area contributed by atoms with Crippen molar-refractivity contribution in [3.05, 3.63) is 24.2 Å². The number of fused-ring (bicyclic) bond motifs is 5. The fourth-order valence-corrected chi connectivity index (χ4v) is 4.18. The molecular formula is C14H17N2O2+. The molecule has 1 aromatic rings. The van der Waals surface area contributed by atoms with E-state index in [1.807, 2.05) is 19.1 Å². The molecule has 4 atom stereocenters. The van der Waals surface area contributed by atoms with Crippen LogP contribution in [-0.2, 0) is 4.79 Å². The van der Waals surface area contributed by atoms with E-state index in [-0.39, 0.29) is 11.8 Å². The molecule has 0 radical (unpaired) electrons. The smallest absolute Gasteiger partial charge is 0.284 e. The molecule has 3 aliphatic rings. The molecule has 3 fully saturated rings. The average Bonchev–Trinajstić information content (AvgIpc) is 3.11. The van der Waals surface area contributed by atoms with Crippen LogP contribution in [0.5, 0.6) is 0 Å². The molecule has 1 aliphatic heterocycles. The molecule has 18 heavy (non-hydrogen) atoms. The Morgan fingerprint density at radius 2 is 2.28 bits per heavy atom. The highest BCUT2D eigenvalue weighted by molar-refractivity contribution is 5.93. The summed E-state index contributed by atoms with van der Waals surface area (Å²) in [6.45, 7) is 2.02. The summed E-state index contributed by atoms with van der Waals surface area (Å²) in [5, 5.41) is 0. The quantitative estimate of drug-likeness (QED) is 0.763. The van der Waals surface area contributed by atoms with E-state index < -0.39 is 0 Å². The van der Waals surface area contributed by atoms with Crippen LogP contribution in [-0.4, -0.2) is 22.3 Å². The van der Waals surface area contributed by atoms with E-state index in [2.05, 4.69) is 10.1 Å². The Balaban J connectivity index is 1.79. The summed E-state index contributed by atoms with van der Waals surface area (Å²) in [6, 6.07) is 4.18. The first-order valence-corrected chi connectivity index (χ1v) is 6.73. The van der Waals surface area contributed by atoms with E-state index >= 15 is 0 Å². The standard InChI is InChI=1S/C14H16N2O2/c1-8(11-3-2-6-18-11)16-13-10-5-4-9(7-10)12(13)14(17)15-16/h2-3,6,9-10,12-13H,4-5,7H2,1H3/p+1/b16-8-/t9-,10+,12?,13-/m1/s1. The summed E-state index contributed by atoms with van der Waals surface area (Å²) in [4.78, 5) is 12.1. The Kier molecular flexibility index (Phi) is 1.99. The molecule has 4 heteroatoms. The van der Waals surface area contributed by atoms with Gasteiger partial charge in [-0.1, -0.05) is 0 Å². The number of nitrogens with one attached hydrogen (secondary N) is 1. The van der Waals surface area contributed by atoms with E-state index in [4.69, 9.17) is 4.42 Å². The molecule has 1 unspecified atom stereocenters. The van der Waals surface area contributed by atoms with Gasteiger partial charge in [-0.25, -0.2) is 0 Å². The van der Waals surface area contributed by atoms with Gasteiger partial charge in [-0.15, -0.1) is 10.1 Å². The lowest BCUT2D eigenvalue weighted by molar-refractivity contribution is -0.603. The van der Waals surface area contributed by atoms with Gasteiger partial charge in [-0.05, 0) is 37.3 Å². The first kappa shape index (κ1) is 10.4. The third-order valence-corrected chi connectivity index (χ3v) is 4.94. The van der Waals surface area contributed by atoms with Gasteiger partial charge in [0.25, 0.3) is 5.91 Å². The van der Waals surface area contributed by atoms with Gasteiger partial charge in [0.2, 0.25) is 5.71 Å². The summed E-state index contributed by atoms with van der Waals surface area (Å²) >= 11 is 0. The van der Waals surface area contributed by atoms with Crippen LogP contribution in [0.2, 0.25) is 0 Å². The van der Waals surface area contributed by atoms with Crippen molar-refractivity contribution in [2.24, 2.45) is 17.8 Å². The maximum atomic E-state index is 12.1. The molecule has 2 bridgehead atoms. The van der Waals surface area contributed by atoms with Crippen molar-refractivity contribution in [1.82, 2.24) is 5.43 Å². The Morgan fingerprint density at radius 3 is 3.06 bits per heavy atom. The van der Waals surface area contributed by atoms with Crippen LogP contribution >= 0.6 is 0 Å². The zero-order valence-corrected chi connectivity index (χ0v) is 10.4. The van der Waals surface area contributed by atoms with E-state index in [0.29, 0.717) is 17.9 Å². The largest absolute Gasteiger partial charge is 0.458 e. The third kappa shape index (κ3) is 1.21. The lowest BCUT2D eigenvalue weighted by Crippen LogP contribution is -2.37. The van der Waals surface area contributed by atoms with Crippen LogP contribution in [0.25, 0.3) is 0 Å². The maximum absolute atomic E-state index is 12.1. The number of rotatable bonds is 1. The van der Waals surface area contributed by atoms with Crippen molar-refractivity contribution >= 4 is 11.6 Å². The van der Waals surface area contributed by atoms with Crippen molar-refractivity contribution in [2.45, 2.75) is 32.2 Å². The molecule has 1 amide bonds. The first-order chi connectivity index (χ1) is 8.75. The molecule has 4 rings (SSSR count). The topological polar surface area (TPSA) is 45.2 Å². The number of hydrazone groups is 1. The summed E-state index contributed by atoms with van der Waals surface area (Å²) in [6.07, 6.45) is 5.40. The van der Waals surface area contributed by atoms with Crippen LogP contribution < -0.4 is 5.43 Å². The van der Waals surface area contributed by atoms with E-state index in [0.717, 1.165) is 11.5 Å². The summed E-state index contributed by atoms with van der Waals surface area (Å²) in [5.41, 5.74) is 4.06. The molecule has 2 saturated carbocycles. The highest BCUT2D eigenvalue weighted by Gasteiger charge is 2.62. The molecule has 2 aliphatic carbocycles. The number of nitrogens with zero attached hydrogens (tertiary/aromatic N) is 1. The molecule has 1 saturated heterocycles. The number of amides is 1. The fraction of sp³-hybridized carbons (Fsp3) is 0.571. The van der Waals surface area contributed by atoms with Crippen molar-refractivity contribution in [2.75, 3.05) is 0 Å². The van der Waals surface area contributed by atoms with Gasteiger partial charge in [0.15, 0.2) is 11.8 Å². The number of hydrazine groups is 1. The lowest BCUT2D eigenvalue weighted by atomic mass is 9.85. The highest BCUT2D eigenvalue weighted by atomic mass is 16.3. The second-order valence-corrected chi connectivity index (χ2v) is 5.76. The number of carbonyl (C=O) groups excluding carboxylic acids is 1. The van der Waals surface area contributed by atoms with Gasteiger partial charge in [0.05, 0.1) is 6.26 Å². The van der Waals surface area contributed by atoms with Crippen LogP contribution in [0.1, 0.15) is 31.9 Å². The molecule has 1 N–H and O–H groups in total. The highest BCUT2D eigenvalue weighted by Crippen LogP contribution is 2.51. The number of furan rings is 1. The fourth-order valence-electron chi connectivity index (χ4n) is 4.18. The second kappa shape index (κ2) is 3.46. The van der Waals surface area contributed by atoms with E-state index in [1.54, 1.807) is 6.26 Å². The second-order valence-electron chi connectivity index (χ2n) is 5.76. The third-order valence-electron chi connectivity index (χ3n) is 4.94. The zero-order valence-electron chi connectivity index (χ0n) is 10.4. The summed E-state index contributed by atoms with van der Waals surface area (Å²) < 4.78 is 7.51. The summed E-state index contributed by atoms with van der Waals surface area (Å²) in [5.74, 6) is 2.53. The van der Waals surface area contributed by atoms with Crippen LogP contribution in [0, 0.1) is 17.8 Å². The predicted molar refractivity (Wildman–Crippen MR) is 65.0 cm³/mol. The van der Waals surface area contributed by atoms with Gasteiger partial charge in [-0.3, -0.25) is 4.79 Å². The minimum absolute atomic E-state index is 0.202. The van der Waals surface area contributed by atoms with Crippen molar-refractivity contribution in [1.29, 1.82) is 0 Å². The van der Waals surface area contributed by atoms with Gasteiger partial charge in [0, 0.05) is 12.8 Å². The van der Waals surface area contributed by atoms with Crippen molar-refractivity contribution < 1.29 is 13.9 Å². The number of carbonyl (C=O) groups is 1. The molecule has 94 valence electrons. The van der Waals surface area contributed by atoms with Crippen LogP contribution in [0.15, 0.2) is 22.8 Å². The number of hydrogen-bond donors (Lipinski definition) is 1. The minimum Gasteiger partial charge on any atom is -0.458 e. The van der Waals surface area contributed by atoms with E-state index in [9.17, 15) is 4.79 Å². The summed E-state index contributed by atoms with van der Waals surface area (Å²) in [7, 11) is 0. The van der Waals surface area contributed by atoms with Crippen molar-refractivity contribution in [3.63, 3.8) is 0 Å². The molecular weight excluding hydrogens is 228 g/mol. The molecule has 4 nitrogen and oxygen atoms in total. The van der Waals surface area contributed by atoms with Crippen LogP contribution in [0.4, 0.5) is 0 Å². The number of hydrogen-bond acceptors (Lipinski definition) is 2. The molecule has 0 aromatic carbocycles. The molecule has 1 aromatic heterocycles. The average molecular weight is 245 g/mol. The van der Waals surface area contributed by atoms with Gasteiger partial charge in [-0.2, -0.15) is 0 Å². The Morgan fingerprint density at radius 1 is 1.44 bits per heavy atom. The molecule has 2 heterocycles. The SMILES string of the molecule is C/C(c1ccco1)=[N+]1/NC(=O)C2[C@@H]3CC[C@@H](C3)[C@H]21. The normalized spacial score (nSPS) is 39.9. The van der Waals surface area contributed by atoms with E-state index in [1.165, 1.54) is 19.3 Å². The maximum Gasteiger partial charge on any atom is 0.284 e. The van der Waals surface area contributed by atoms with Crippen molar-refractivity contribution in [3.8, 4) is 0 Å². The predicted octanol–water partition coefficient (Wildman–Crippen LogP) is 1.56. The minimum atomic E-state index is 0.202. The Bertz CT molecular complexity index is 532. The van der Waals surface area contributed by atoms with Gasteiger partial charge in [0.1, 0.15) is 5.92 Å². The monoisotopic (exact) mass is 245 g/mol.